The van der Waals surface area contributed by atoms with Crippen molar-refractivity contribution in [3.8, 4) is 0 Å². The molecule has 1 aromatic rings. The van der Waals surface area contributed by atoms with Crippen molar-refractivity contribution >= 4 is 11.8 Å². The molecule has 1 heterocycles. The lowest BCUT2D eigenvalue weighted by Gasteiger charge is -2.34. The van der Waals surface area contributed by atoms with E-state index in [0.29, 0.717) is 32.5 Å². The monoisotopic (exact) mass is 307 g/mol. The Morgan fingerprint density at radius 2 is 2.18 bits per heavy atom. The van der Waals surface area contributed by atoms with Crippen LogP contribution in [0, 0.1) is 5.82 Å². The average Bonchev–Trinajstić information content (AvgIpc) is 2.47. The molecule has 1 aromatic carbocycles. The van der Waals surface area contributed by atoms with Gasteiger partial charge < -0.3 is 15.5 Å². The number of hydrogen-bond donors (Lipinski definition) is 1. The predicted octanol–water partition coefficient (Wildman–Crippen LogP) is 1.12. The van der Waals surface area contributed by atoms with Crippen molar-refractivity contribution in [3.63, 3.8) is 0 Å². The molecule has 1 atom stereocenters. The summed E-state index contributed by atoms with van der Waals surface area (Å²) >= 11 is 0. The van der Waals surface area contributed by atoms with Gasteiger partial charge in [0.2, 0.25) is 11.8 Å². The molecule has 0 radical (unpaired) electrons. The lowest BCUT2D eigenvalue weighted by Crippen LogP contribution is -2.51. The van der Waals surface area contributed by atoms with Gasteiger partial charge in [0.05, 0.1) is 6.54 Å². The minimum atomic E-state index is -0.310. The highest BCUT2D eigenvalue weighted by Gasteiger charge is 2.26. The number of benzene rings is 1. The Morgan fingerprint density at radius 3 is 2.82 bits per heavy atom. The molecule has 1 aliphatic heterocycles. The van der Waals surface area contributed by atoms with Gasteiger partial charge in [-0.3, -0.25) is 9.59 Å². The molecule has 0 aromatic heterocycles. The van der Waals surface area contributed by atoms with Crippen LogP contribution >= 0.6 is 0 Å². The maximum atomic E-state index is 13.2. The van der Waals surface area contributed by atoms with Crippen LogP contribution < -0.4 is 5.73 Å². The minimum absolute atomic E-state index is 0.0195. The number of amides is 2. The molecule has 1 unspecified atom stereocenters. The normalized spacial score (nSPS) is 16.8. The van der Waals surface area contributed by atoms with E-state index in [2.05, 4.69) is 0 Å². The smallest absolute Gasteiger partial charge is 0.242 e. The third-order valence-corrected chi connectivity index (χ3v) is 3.75. The summed E-state index contributed by atoms with van der Waals surface area (Å²) < 4.78 is 13.2. The number of piperazine rings is 1. The first kappa shape index (κ1) is 16.4. The van der Waals surface area contributed by atoms with Crippen molar-refractivity contribution in [1.82, 2.24) is 9.80 Å². The molecule has 0 aliphatic carbocycles. The lowest BCUT2D eigenvalue weighted by molar-refractivity contribution is -0.145. The largest absolute Gasteiger partial charge is 0.335 e. The highest BCUT2D eigenvalue weighted by atomic mass is 19.1. The molecule has 0 bridgehead atoms. The summed E-state index contributed by atoms with van der Waals surface area (Å²) in [6, 6.07) is 6.20. The van der Waals surface area contributed by atoms with E-state index < -0.39 is 0 Å². The Bertz CT molecular complexity index is 548. The first-order chi connectivity index (χ1) is 10.5. The Kier molecular flexibility index (Phi) is 5.49. The van der Waals surface area contributed by atoms with Gasteiger partial charge >= 0.3 is 0 Å². The van der Waals surface area contributed by atoms with Crippen molar-refractivity contribution in [2.75, 3.05) is 19.6 Å². The molecule has 22 heavy (non-hydrogen) atoms. The van der Waals surface area contributed by atoms with Gasteiger partial charge in [0, 0.05) is 32.1 Å². The third kappa shape index (κ3) is 4.53. The summed E-state index contributed by atoms with van der Waals surface area (Å²) in [4.78, 5) is 27.4. The molecule has 1 fully saturated rings. The highest BCUT2D eigenvalue weighted by Crippen LogP contribution is 2.12. The van der Waals surface area contributed by atoms with Gasteiger partial charge in [-0.2, -0.15) is 0 Å². The molecule has 5 nitrogen and oxygen atoms in total. The van der Waals surface area contributed by atoms with Crippen LogP contribution in [0.1, 0.15) is 25.3 Å². The zero-order chi connectivity index (χ0) is 16.1. The molecule has 1 aliphatic rings. The zero-order valence-electron chi connectivity index (χ0n) is 12.8. The first-order valence-corrected chi connectivity index (χ1v) is 7.51. The fraction of sp³-hybridized carbons (Fsp3) is 0.500. The molecule has 0 saturated carbocycles. The number of nitrogens with zero attached hydrogens (tertiary/aromatic N) is 2. The summed E-state index contributed by atoms with van der Waals surface area (Å²) in [6.07, 6.45) is 0.991. The highest BCUT2D eigenvalue weighted by molar-refractivity contribution is 5.86. The lowest BCUT2D eigenvalue weighted by atomic mass is 10.1. The number of carbonyl (C=O) groups is 2. The molecule has 1 saturated heterocycles. The number of hydrogen-bond acceptors (Lipinski definition) is 3. The molecule has 0 spiro atoms. The summed E-state index contributed by atoms with van der Waals surface area (Å²) in [5.74, 6) is -0.449. The van der Waals surface area contributed by atoms with Gasteiger partial charge in [-0.1, -0.05) is 12.1 Å². The number of carbonyl (C=O) groups excluding carboxylic acids is 2. The SMILES string of the molecule is CC(N)CCC(=O)N1CCN(Cc2cccc(F)c2)C(=O)C1. The van der Waals surface area contributed by atoms with Crippen LogP contribution in [0.25, 0.3) is 0 Å². The number of rotatable bonds is 5. The van der Waals surface area contributed by atoms with E-state index in [9.17, 15) is 14.0 Å². The van der Waals surface area contributed by atoms with E-state index in [1.807, 2.05) is 6.92 Å². The maximum Gasteiger partial charge on any atom is 0.242 e. The van der Waals surface area contributed by atoms with Crippen molar-refractivity contribution in [3.05, 3.63) is 35.6 Å². The van der Waals surface area contributed by atoms with Gasteiger partial charge in [0.25, 0.3) is 0 Å². The van der Waals surface area contributed by atoms with E-state index in [0.717, 1.165) is 5.56 Å². The van der Waals surface area contributed by atoms with Crippen LogP contribution in [0.3, 0.4) is 0 Å². The summed E-state index contributed by atoms with van der Waals surface area (Å²) in [7, 11) is 0. The molecule has 2 N–H and O–H groups in total. The Balaban J connectivity index is 1.87. The summed E-state index contributed by atoms with van der Waals surface area (Å²) in [6.45, 7) is 3.30. The van der Waals surface area contributed by atoms with Gasteiger partial charge in [-0.25, -0.2) is 4.39 Å². The van der Waals surface area contributed by atoms with Crippen LogP contribution in [0.2, 0.25) is 0 Å². The summed E-state index contributed by atoms with van der Waals surface area (Å²) in [5, 5.41) is 0. The molecular formula is C16H22FN3O2. The van der Waals surface area contributed by atoms with Gasteiger partial charge in [-0.05, 0) is 31.0 Å². The summed E-state index contributed by atoms with van der Waals surface area (Å²) in [5.41, 5.74) is 6.40. The van der Waals surface area contributed by atoms with Crippen molar-refractivity contribution in [2.24, 2.45) is 5.73 Å². The molecule has 6 heteroatoms. The van der Waals surface area contributed by atoms with Crippen molar-refractivity contribution < 1.29 is 14.0 Å². The predicted molar refractivity (Wildman–Crippen MR) is 81.3 cm³/mol. The Morgan fingerprint density at radius 1 is 1.41 bits per heavy atom. The van der Waals surface area contributed by atoms with E-state index >= 15 is 0 Å². The second-order valence-electron chi connectivity index (χ2n) is 5.78. The number of nitrogens with two attached hydrogens (primary N) is 1. The number of halogens is 1. The van der Waals surface area contributed by atoms with E-state index in [1.54, 1.807) is 21.9 Å². The van der Waals surface area contributed by atoms with Crippen molar-refractivity contribution in [2.45, 2.75) is 32.4 Å². The first-order valence-electron chi connectivity index (χ1n) is 7.51. The topological polar surface area (TPSA) is 66.6 Å². The van der Waals surface area contributed by atoms with Crippen LogP contribution in [-0.4, -0.2) is 47.3 Å². The maximum absolute atomic E-state index is 13.2. The molecule has 2 rings (SSSR count). The van der Waals surface area contributed by atoms with Crippen LogP contribution in [0.4, 0.5) is 4.39 Å². The Hall–Kier alpha value is -1.95. The van der Waals surface area contributed by atoms with Gasteiger partial charge in [0.15, 0.2) is 0 Å². The van der Waals surface area contributed by atoms with Crippen LogP contribution in [0.5, 0.6) is 0 Å². The van der Waals surface area contributed by atoms with Crippen molar-refractivity contribution in [1.29, 1.82) is 0 Å². The Labute approximate surface area is 129 Å². The van der Waals surface area contributed by atoms with Gasteiger partial charge in [-0.15, -0.1) is 0 Å². The third-order valence-electron chi connectivity index (χ3n) is 3.75. The minimum Gasteiger partial charge on any atom is -0.335 e. The van der Waals surface area contributed by atoms with E-state index in [-0.39, 0.29) is 30.2 Å². The standard InChI is InChI=1S/C16H22FN3O2/c1-12(18)5-6-15(21)20-8-7-19(16(22)11-20)10-13-3-2-4-14(17)9-13/h2-4,9,12H,5-8,10-11,18H2,1H3. The molecular weight excluding hydrogens is 285 g/mol. The van der Waals surface area contributed by atoms with Crippen LogP contribution in [0.15, 0.2) is 24.3 Å². The average molecular weight is 307 g/mol. The van der Waals surface area contributed by atoms with Crippen LogP contribution in [-0.2, 0) is 16.1 Å². The fourth-order valence-electron chi connectivity index (χ4n) is 2.45. The fourth-order valence-corrected chi connectivity index (χ4v) is 2.45. The van der Waals surface area contributed by atoms with E-state index in [4.69, 9.17) is 5.73 Å². The second kappa shape index (κ2) is 7.35. The van der Waals surface area contributed by atoms with Gasteiger partial charge in [0.1, 0.15) is 5.82 Å². The molecule has 120 valence electrons. The zero-order valence-corrected chi connectivity index (χ0v) is 12.8. The van der Waals surface area contributed by atoms with E-state index in [1.165, 1.54) is 12.1 Å². The molecule has 2 amide bonds. The quantitative estimate of drug-likeness (QED) is 0.886. The second-order valence-corrected chi connectivity index (χ2v) is 5.78.